The molecule has 24 heavy (non-hydrogen) atoms. The van der Waals surface area contributed by atoms with Crippen LogP contribution in [0.1, 0.15) is 71.1 Å². The molecule has 1 aliphatic heterocycles. The van der Waals surface area contributed by atoms with Gasteiger partial charge in [0.05, 0.1) is 24.5 Å². The molecule has 0 amide bonds. The van der Waals surface area contributed by atoms with Crippen molar-refractivity contribution in [1.29, 1.82) is 0 Å². The zero-order valence-corrected chi connectivity index (χ0v) is 15.0. The van der Waals surface area contributed by atoms with Crippen LogP contribution >= 0.6 is 0 Å². The summed E-state index contributed by atoms with van der Waals surface area (Å²) in [7, 11) is 0. The Hall–Kier alpha value is -1.10. The second-order valence-electron chi connectivity index (χ2n) is 6.99. The van der Waals surface area contributed by atoms with Crippen molar-refractivity contribution in [3.63, 3.8) is 0 Å². The predicted octanol–water partition coefficient (Wildman–Crippen LogP) is 3.64. The molecule has 1 saturated heterocycles. The molecular weight excluding hydrogens is 308 g/mol. The van der Waals surface area contributed by atoms with Gasteiger partial charge in [0.2, 0.25) is 0 Å². The summed E-state index contributed by atoms with van der Waals surface area (Å²) in [4.78, 5) is 24.8. The van der Waals surface area contributed by atoms with E-state index in [2.05, 4.69) is 6.92 Å². The zero-order valence-electron chi connectivity index (χ0n) is 15.0. The normalized spacial score (nSPS) is 27.0. The lowest BCUT2D eigenvalue weighted by atomic mass is 9.79. The fraction of sp³-hybridized carbons (Fsp3) is 0.895. The minimum absolute atomic E-state index is 0.0292. The van der Waals surface area contributed by atoms with E-state index >= 15 is 0 Å². The number of hydrogen-bond donors (Lipinski definition) is 0. The molecule has 5 nitrogen and oxygen atoms in total. The minimum Gasteiger partial charge on any atom is -0.465 e. The number of unbranched alkanes of at least 4 members (excludes halogenated alkanes) is 3. The van der Waals surface area contributed by atoms with Gasteiger partial charge in [-0.3, -0.25) is 9.59 Å². The lowest BCUT2D eigenvalue weighted by Crippen LogP contribution is -2.36. The molecule has 2 rings (SSSR count). The first-order chi connectivity index (χ1) is 11.7. The van der Waals surface area contributed by atoms with E-state index in [-0.39, 0.29) is 29.9 Å². The Morgan fingerprint density at radius 3 is 2.25 bits per heavy atom. The molecule has 0 N–H and O–H groups in total. The van der Waals surface area contributed by atoms with E-state index in [1.807, 2.05) is 0 Å². The van der Waals surface area contributed by atoms with Crippen molar-refractivity contribution >= 4 is 11.9 Å². The first kappa shape index (κ1) is 19.2. The lowest BCUT2D eigenvalue weighted by Gasteiger charge is -2.28. The van der Waals surface area contributed by atoms with Gasteiger partial charge in [-0.05, 0) is 32.1 Å². The van der Waals surface area contributed by atoms with Gasteiger partial charge in [0.15, 0.2) is 0 Å². The molecule has 138 valence electrons. The third-order valence-electron chi connectivity index (χ3n) is 5.05. The fourth-order valence-corrected chi connectivity index (χ4v) is 3.56. The van der Waals surface area contributed by atoms with Crippen molar-refractivity contribution < 1.29 is 23.8 Å². The highest BCUT2D eigenvalue weighted by Gasteiger charge is 2.38. The molecule has 5 heteroatoms. The lowest BCUT2D eigenvalue weighted by molar-refractivity contribution is -0.164. The highest BCUT2D eigenvalue weighted by Crippen LogP contribution is 2.32. The molecule has 0 aromatic carbocycles. The second-order valence-corrected chi connectivity index (χ2v) is 6.99. The first-order valence-electron chi connectivity index (χ1n) is 9.67. The van der Waals surface area contributed by atoms with Gasteiger partial charge < -0.3 is 14.2 Å². The standard InChI is InChI=1S/C19H32O5/c1-2-3-4-7-12-23-18(20)16-10-5-6-11-17(16)19(21)24-14-15-9-8-13-22-15/h15-17H,2-14H2,1H3. The van der Waals surface area contributed by atoms with Gasteiger partial charge in [-0.1, -0.05) is 39.0 Å². The van der Waals surface area contributed by atoms with Crippen molar-refractivity contribution in [2.45, 2.75) is 77.2 Å². The average Bonchev–Trinajstić information content (AvgIpc) is 3.13. The van der Waals surface area contributed by atoms with Gasteiger partial charge in [-0.15, -0.1) is 0 Å². The molecule has 1 heterocycles. The Bertz CT molecular complexity index is 389. The van der Waals surface area contributed by atoms with Gasteiger partial charge in [0.25, 0.3) is 0 Å². The topological polar surface area (TPSA) is 61.8 Å². The Kier molecular flexibility index (Phi) is 8.57. The maximum atomic E-state index is 12.4. The monoisotopic (exact) mass is 340 g/mol. The van der Waals surface area contributed by atoms with E-state index in [1.54, 1.807) is 0 Å². The molecule has 1 saturated carbocycles. The molecule has 1 aliphatic carbocycles. The van der Waals surface area contributed by atoms with Crippen LogP contribution in [-0.4, -0.2) is 37.9 Å². The van der Waals surface area contributed by atoms with Crippen LogP contribution in [0, 0.1) is 11.8 Å². The quantitative estimate of drug-likeness (QED) is 0.474. The van der Waals surface area contributed by atoms with Gasteiger partial charge in [0, 0.05) is 6.61 Å². The molecule has 0 spiro atoms. The van der Waals surface area contributed by atoms with Crippen LogP contribution in [-0.2, 0) is 23.8 Å². The van der Waals surface area contributed by atoms with Gasteiger partial charge in [0.1, 0.15) is 6.61 Å². The van der Waals surface area contributed by atoms with Crippen LogP contribution in [0.4, 0.5) is 0 Å². The summed E-state index contributed by atoms with van der Waals surface area (Å²) in [6, 6.07) is 0. The van der Waals surface area contributed by atoms with E-state index in [9.17, 15) is 9.59 Å². The van der Waals surface area contributed by atoms with E-state index in [4.69, 9.17) is 14.2 Å². The number of rotatable bonds is 9. The van der Waals surface area contributed by atoms with E-state index < -0.39 is 0 Å². The summed E-state index contributed by atoms with van der Waals surface area (Å²) in [5.41, 5.74) is 0. The largest absolute Gasteiger partial charge is 0.465 e. The van der Waals surface area contributed by atoms with E-state index in [1.165, 1.54) is 6.42 Å². The molecule has 3 atom stereocenters. The number of hydrogen-bond acceptors (Lipinski definition) is 5. The number of carbonyl (C=O) groups is 2. The Morgan fingerprint density at radius 1 is 0.917 bits per heavy atom. The maximum absolute atomic E-state index is 12.4. The molecule has 3 unspecified atom stereocenters. The highest BCUT2D eigenvalue weighted by molar-refractivity contribution is 5.82. The summed E-state index contributed by atoms with van der Waals surface area (Å²) in [6.45, 7) is 3.68. The summed E-state index contributed by atoms with van der Waals surface area (Å²) in [5, 5.41) is 0. The minimum atomic E-state index is -0.344. The fourth-order valence-electron chi connectivity index (χ4n) is 3.56. The molecule has 0 aromatic heterocycles. The summed E-state index contributed by atoms with van der Waals surface area (Å²) in [6.07, 6.45) is 9.72. The summed E-state index contributed by atoms with van der Waals surface area (Å²) >= 11 is 0. The van der Waals surface area contributed by atoms with E-state index in [0.29, 0.717) is 13.2 Å². The maximum Gasteiger partial charge on any atom is 0.309 e. The van der Waals surface area contributed by atoms with Gasteiger partial charge in [-0.25, -0.2) is 0 Å². The second kappa shape index (κ2) is 10.7. The smallest absolute Gasteiger partial charge is 0.309 e. The van der Waals surface area contributed by atoms with Crippen LogP contribution in [0.25, 0.3) is 0 Å². The number of esters is 2. The number of ether oxygens (including phenoxy) is 3. The van der Waals surface area contributed by atoms with Crippen LogP contribution in [0.5, 0.6) is 0 Å². The van der Waals surface area contributed by atoms with Crippen LogP contribution in [0.3, 0.4) is 0 Å². The third-order valence-corrected chi connectivity index (χ3v) is 5.05. The molecule has 0 aromatic rings. The molecule has 2 aliphatic rings. The van der Waals surface area contributed by atoms with Crippen molar-refractivity contribution in [3.8, 4) is 0 Å². The average molecular weight is 340 g/mol. The zero-order chi connectivity index (χ0) is 17.2. The van der Waals surface area contributed by atoms with Gasteiger partial charge in [-0.2, -0.15) is 0 Å². The molecule has 2 fully saturated rings. The SMILES string of the molecule is CCCCCCOC(=O)C1CCCCC1C(=O)OCC1CCCO1. The Labute approximate surface area is 145 Å². The Balaban J connectivity index is 1.75. The molecule has 0 radical (unpaired) electrons. The third kappa shape index (κ3) is 6.08. The van der Waals surface area contributed by atoms with Crippen LogP contribution < -0.4 is 0 Å². The highest BCUT2D eigenvalue weighted by atomic mass is 16.6. The molecular formula is C19H32O5. The van der Waals surface area contributed by atoms with Crippen LogP contribution in [0.15, 0.2) is 0 Å². The van der Waals surface area contributed by atoms with Crippen LogP contribution in [0.2, 0.25) is 0 Å². The number of carbonyl (C=O) groups excluding carboxylic acids is 2. The van der Waals surface area contributed by atoms with Crippen molar-refractivity contribution in [3.05, 3.63) is 0 Å². The summed E-state index contributed by atoms with van der Waals surface area (Å²) < 4.78 is 16.3. The van der Waals surface area contributed by atoms with Crippen molar-refractivity contribution in [2.24, 2.45) is 11.8 Å². The van der Waals surface area contributed by atoms with Crippen molar-refractivity contribution in [1.82, 2.24) is 0 Å². The summed E-state index contributed by atoms with van der Waals surface area (Å²) in [5.74, 6) is -1.14. The van der Waals surface area contributed by atoms with Crippen molar-refractivity contribution in [2.75, 3.05) is 19.8 Å². The predicted molar refractivity (Wildman–Crippen MR) is 90.5 cm³/mol. The molecule has 0 bridgehead atoms. The Morgan fingerprint density at radius 2 is 1.62 bits per heavy atom. The first-order valence-corrected chi connectivity index (χ1v) is 9.67. The van der Waals surface area contributed by atoms with E-state index in [0.717, 1.165) is 64.4 Å². The van der Waals surface area contributed by atoms with Gasteiger partial charge >= 0.3 is 11.9 Å².